The highest BCUT2D eigenvalue weighted by Gasteiger charge is 2.37. The average Bonchev–Trinajstić information content (AvgIpc) is 3.44. The van der Waals surface area contributed by atoms with Gasteiger partial charge in [0.2, 0.25) is 0 Å². The number of carboxylic acid groups (broad SMARTS) is 1. The Morgan fingerprint density at radius 1 is 1.02 bits per heavy atom. The second-order valence-electron chi connectivity index (χ2n) is 14.8. The van der Waals surface area contributed by atoms with Crippen molar-refractivity contribution in [2.24, 2.45) is 0 Å². The largest absolute Gasteiger partial charge is 0.490 e. The SMILES string of the molecule is Cc1cc2c(cc1C)-c1cccc(c1)-c1cn3c(c([C@H](OC(C)(C)C)C(=O)O)c(C)cc3n1)N1CCC(C)(CC1)OC/C=C/C[C@@H](C)O2. The molecule has 254 valence electrons. The molecule has 0 radical (unpaired) electrons. The number of ether oxygens (including phenoxy) is 3. The Morgan fingerprint density at radius 2 is 1.73 bits per heavy atom. The Balaban J connectivity index is 1.55. The number of anilines is 1. The van der Waals surface area contributed by atoms with E-state index in [0.29, 0.717) is 25.3 Å². The predicted octanol–water partition coefficient (Wildman–Crippen LogP) is 8.64. The van der Waals surface area contributed by atoms with Gasteiger partial charge in [-0.15, -0.1) is 0 Å². The fraction of sp³-hybridized carbons (Fsp3) is 0.450. The Bertz CT molecular complexity index is 1860. The van der Waals surface area contributed by atoms with Crippen LogP contribution in [-0.2, 0) is 14.3 Å². The first-order valence-electron chi connectivity index (χ1n) is 17.1. The lowest BCUT2D eigenvalue weighted by molar-refractivity contribution is -0.160. The van der Waals surface area contributed by atoms with E-state index in [0.717, 1.165) is 64.4 Å². The van der Waals surface area contributed by atoms with E-state index in [1.54, 1.807) is 0 Å². The lowest BCUT2D eigenvalue weighted by atomic mass is 9.92. The zero-order valence-corrected chi connectivity index (χ0v) is 29.6. The minimum atomic E-state index is -1.15. The van der Waals surface area contributed by atoms with Crippen LogP contribution in [0.15, 0.2) is 60.8 Å². The molecule has 4 aromatic rings. The number of rotatable bonds is 3. The van der Waals surface area contributed by atoms with Gasteiger partial charge in [0, 0.05) is 42.4 Å². The summed E-state index contributed by atoms with van der Waals surface area (Å²) in [6, 6.07) is 14.7. The zero-order valence-electron chi connectivity index (χ0n) is 29.6. The number of nitrogens with zero attached hydrogens (tertiary/aromatic N) is 3. The summed E-state index contributed by atoms with van der Waals surface area (Å²) in [4.78, 5) is 20.3. The second kappa shape index (κ2) is 13.1. The summed E-state index contributed by atoms with van der Waals surface area (Å²) in [5, 5.41) is 10.5. The molecule has 0 spiro atoms. The highest BCUT2D eigenvalue weighted by molar-refractivity contribution is 5.81. The van der Waals surface area contributed by atoms with E-state index in [9.17, 15) is 9.90 Å². The summed E-state index contributed by atoms with van der Waals surface area (Å²) in [6.45, 7) is 18.1. The molecule has 3 aliphatic rings. The molecule has 8 heteroatoms. The van der Waals surface area contributed by atoms with E-state index < -0.39 is 17.7 Å². The highest BCUT2D eigenvalue weighted by atomic mass is 16.5. The van der Waals surface area contributed by atoms with Gasteiger partial charge in [-0.25, -0.2) is 9.78 Å². The van der Waals surface area contributed by atoms with Gasteiger partial charge >= 0.3 is 5.97 Å². The molecule has 48 heavy (non-hydrogen) atoms. The second-order valence-corrected chi connectivity index (χ2v) is 14.8. The van der Waals surface area contributed by atoms with Gasteiger partial charge in [0.25, 0.3) is 0 Å². The summed E-state index contributed by atoms with van der Waals surface area (Å²) >= 11 is 0. The number of aryl methyl sites for hydroxylation is 3. The van der Waals surface area contributed by atoms with Crippen molar-refractivity contribution in [3.05, 3.63) is 83.1 Å². The third-order valence-corrected chi connectivity index (χ3v) is 9.61. The Hall–Kier alpha value is -4.14. The molecule has 0 saturated carbocycles. The van der Waals surface area contributed by atoms with E-state index >= 15 is 0 Å². The minimum Gasteiger partial charge on any atom is -0.490 e. The van der Waals surface area contributed by atoms with Crippen LogP contribution in [0.3, 0.4) is 0 Å². The molecule has 2 aromatic heterocycles. The fourth-order valence-corrected chi connectivity index (χ4v) is 6.78. The van der Waals surface area contributed by atoms with Gasteiger partial charge in [-0.3, -0.25) is 4.40 Å². The number of aromatic nitrogens is 2. The fourth-order valence-electron chi connectivity index (χ4n) is 6.78. The van der Waals surface area contributed by atoms with Crippen LogP contribution in [0, 0.1) is 20.8 Å². The molecule has 8 nitrogen and oxygen atoms in total. The molecule has 0 amide bonds. The molecule has 0 aliphatic carbocycles. The van der Waals surface area contributed by atoms with Crippen molar-refractivity contribution in [1.29, 1.82) is 0 Å². The number of imidazole rings is 1. The normalized spacial score (nSPS) is 21.5. The van der Waals surface area contributed by atoms with Crippen molar-refractivity contribution >= 4 is 17.4 Å². The number of carboxylic acids is 1. The highest BCUT2D eigenvalue weighted by Crippen LogP contribution is 2.40. The van der Waals surface area contributed by atoms with Crippen LogP contribution in [0.2, 0.25) is 0 Å². The monoisotopic (exact) mass is 651 g/mol. The smallest absolute Gasteiger partial charge is 0.337 e. The lowest BCUT2D eigenvalue weighted by Gasteiger charge is -2.41. The van der Waals surface area contributed by atoms with Crippen molar-refractivity contribution < 1.29 is 24.1 Å². The number of carbonyl (C=O) groups is 1. The lowest BCUT2D eigenvalue weighted by Crippen LogP contribution is -2.45. The first-order chi connectivity index (χ1) is 22.7. The summed E-state index contributed by atoms with van der Waals surface area (Å²) in [5.41, 5.74) is 7.53. The molecule has 3 aliphatic heterocycles. The quantitative estimate of drug-likeness (QED) is 0.222. The van der Waals surface area contributed by atoms with Crippen molar-refractivity contribution in [2.75, 3.05) is 24.6 Å². The summed E-state index contributed by atoms with van der Waals surface area (Å²) < 4.78 is 21.4. The van der Waals surface area contributed by atoms with E-state index in [4.69, 9.17) is 19.2 Å². The van der Waals surface area contributed by atoms with E-state index in [1.165, 1.54) is 11.1 Å². The number of benzene rings is 2. The molecule has 2 aromatic carbocycles. The third kappa shape index (κ3) is 7.01. The standard InChI is InChI=1S/C40H49N3O5/c1-25-20-31-29-13-11-14-30(23-29)32-24-43-34(41-32)22-27(3)35(36(38(44)45)48-39(5,6)7)37(43)42-17-15-40(8,16-18-42)46-19-10-9-12-28(4)47-33(31)21-26(25)2/h9-11,13-14,20-24,28,36H,12,15-19H2,1-8H3,(H,44,45)/b10-9+/t28-,36+/m1/s1. The molecular weight excluding hydrogens is 602 g/mol. The molecule has 7 rings (SSSR count). The first-order valence-corrected chi connectivity index (χ1v) is 17.1. The van der Waals surface area contributed by atoms with Gasteiger partial charge < -0.3 is 24.2 Å². The maximum atomic E-state index is 12.9. The summed E-state index contributed by atoms with van der Waals surface area (Å²) in [6.07, 6.45) is 7.48. The van der Waals surface area contributed by atoms with Gasteiger partial charge in [-0.05, 0) is 115 Å². The van der Waals surface area contributed by atoms with Crippen LogP contribution in [-0.4, -0.2) is 57.5 Å². The molecule has 2 atom stereocenters. The average molecular weight is 652 g/mol. The predicted molar refractivity (Wildman–Crippen MR) is 191 cm³/mol. The van der Waals surface area contributed by atoms with Crippen LogP contribution in [0.5, 0.6) is 5.75 Å². The van der Waals surface area contributed by atoms with E-state index in [-0.39, 0.29) is 11.7 Å². The topological polar surface area (TPSA) is 85.5 Å². The maximum absolute atomic E-state index is 12.9. The molecule has 1 N–H and O–H groups in total. The van der Waals surface area contributed by atoms with Crippen LogP contribution < -0.4 is 9.64 Å². The number of fused-ring (bicyclic) bond motifs is 7. The number of hydrogen-bond donors (Lipinski definition) is 1. The minimum absolute atomic E-state index is 0.0131. The van der Waals surface area contributed by atoms with Crippen LogP contribution >= 0.6 is 0 Å². The molecule has 1 fully saturated rings. The van der Waals surface area contributed by atoms with Crippen molar-refractivity contribution in [3.8, 4) is 28.1 Å². The van der Waals surface area contributed by atoms with Gasteiger partial charge in [0.05, 0.1) is 29.6 Å². The number of pyridine rings is 1. The third-order valence-electron chi connectivity index (χ3n) is 9.61. The molecule has 6 bridgehead atoms. The Morgan fingerprint density at radius 3 is 2.44 bits per heavy atom. The first kappa shape index (κ1) is 33.7. The number of hydrogen-bond acceptors (Lipinski definition) is 6. The number of aliphatic carboxylic acids is 1. The van der Waals surface area contributed by atoms with Crippen LogP contribution in [0.25, 0.3) is 28.0 Å². The van der Waals surface area contributed by atoms with E-state index in [2.05, 4.69) is 85.5 Å². The van der Waals surface area contributed by atoms with Crippen molar-refractivity contribution in [3.63, 3.8) is 0 Å². The summed E-state index contributed by atoms with van der Waals surface area (Å²) in [5.74, 6) is 0.656. The van der Waals surface area contributed by atoms with Gasteiger partial charge in [-0.1, -0.05) is 30.4 Å². The van der Waals surface area contributed by atoms with Gasteiger partial charge in [-0.2, -0.15) is 0 Å². The van der Waals surface area contributed by atoms with Crippen LogP contribution in [0.4, 0.5) is 5.82 Å². The Kier molecular flexibility index (Phi) is 9.18. The molecule has 5 heterocycles. The molecular formula is C40H49N3O5. The molecule has 0 unspecified atom stereocenters. The summed E-state index contributed by atoms with van der Waals surface area (Å²) in [7, 11) is 0. The molecule has 1 saturated heterocycles. The Labute approximate surface area is 284 Å². The number of piperidine rings is 1. The zero-order chi connectivity index (χ0) is 34.4. The van der Waals surface area contributed by atoms with E-state index in [1.807, 2.05) is 40.0 Å². The van der Waals surface area contributed by atoms with Crippen molar-refractivity contribution in [2.45, 2.75) is 98.1 Å². The van der Waals surface area contributed by atoms with Crippen molar-refractivity contribution in [1.82, 2.24) is 9.38 Å². The van der Waals surface area contributed by atoms with Crippen LogP contribution in [0.1, 0.15) is 82.2 Å². The van der Waals surface area contributed by atoms with Gasteiger partial charge in [0.1, 0.15) is 17.2 Å². The maximum Gasteiger partial charge on any atom is 0.337 e. The van der Waals surface area contributed by atoms with Gasteiger partial charge in [0.15, 0.2) is 6.10 Å².